The molecular weight excluding hydrogens is 456 g/mol. The van der Waals surface area contributed by atoms with Gasteiger partial charge in [0, 0.05) is 13.0 Å². The molecule has 0 radical (unpaired) electrons. The smallest absolute Gasteiger partial charge is 0.226 e. The van der Waals surface area contributed by atoms with Gasteiger partial charge in [0.25, 0.3) is 0 Å². The number of nitrogens with one attached hydrogen (secondary N) is 2. The van der Waals surface area contributed by atoms with Crippen LogP contribution in [0.15, 0.2) is 48.8 Å². The Hall–Kier alpha value is -3.27. The summed E-state index contributed by atoms with van der Waals surface area (Å²) in [7, 11) is 0. The SMILES string of the molecule is CCC(=O)NC1C[C@H](n2cnc3c(NCc4cccc5ccccc45)nc(Cl)nc32)[C@H](O)[C@@H]1O. The number of benzene rings is 2. The Morgan fingerprint density at radius 3 is 2.76 bits per heavy atom. The van der Waals surface area contributed by atoms with Crippen LogP contribution >= 0.6 is 11.6 Å². The number of carbonyl (C=O) groups is 1. The molecule has 4 atom stereocenters. The van der Waals surface area contributed by atoms with Gasteiger partial charge in [0.15, 0.2) is 17.0 Å². The van der Waals surface area contributed by atoms with Crippen molar-refractivity contribution in [3.63, 3.8) is 0 Å². The number of halogens is 1. The molecule has 4 N–H and O–H groups in total. The predicted molar refractivity (Wildman–Crippen MR) is 129 cm³/mol. The Bertz CT molecular complexity index is 1350. The van der Waals surface area contributed by atoms with Crippen LogP contribution in [0.5, 0.6) is 0 Å². The average molecular weight is 481 g/mol. The Morgan fingerprint density at radius 2 is 1.94 bits per heavy atom. The predicted octanol–water partition coefficient (Wildman–Crippen LogP) is 2.81. The summed E-state index contributed by atoms with van der Waals surface area (Å²) in [6.07, 6.45) is -0.00446. The largest absolute Gasteiger partial charge is 0.388 e. The molecule has 2 heterocycles. The van der Waals surface area contributed by atoms with Crippen molar-refractivity contribution >= 4 is 45.3 Å². The van der Waals surface area contributed by atoms with E-state index in [2.05, 4.69) is 49.9 Å². The molecule has 1 fully saturated rings. The summed E-state index contributed by atoms with van der Waals surface area (Å²) in [6, 6.07) is 13.2. The first-order chi connectivity index (χ1) is 16.5. The van der Waals surface area contributed by atoms with E-state index >= 15 is 0 Å². The molecule has 0 bridgehead atoms. The molecule has 1 unspecified atom stereocenters. The van der Waals surface area contributed by atoms with Crippen LogP contribution in [0.3, 0.4) is 0 Å². The quantitative estimate of drug-likeness (QED) is 0.313. The minimum Gasteiger partial charge on any atom is -0.388 e. The number of aliphatic hydroxyl groups is 2. The van der Waals surface area contributed by atoms with Crippen molar-refractivity contribution in [2.75, 3.05) is 5.32 Å². The number of aliphatic hydroxyl groups excluding tert-OH is 2. The van der Waals surface area contributed by atoms with Crippen LogP contribution < -0.4 is 10.6 Å². The zero-order chi connectivity index (χ0) is 23.8. The fourth-order valence-corrected chi connectivity index (χ4v) is 4.78. The maximum atomic E-state index is 11.8. The van der Waals surface area contributed by atoms with Crippen molar-refractivity contribution < 1.29 is 15.0 Å². The number of hydrogen-bond donors (Lipinski definition) is 4. The number of carbonyl (C=O) groups excluding carboxylic acids is 1. The number of anilines is 1. The van der Waals surface area contributed by atoms with E-state index in [4.69, 9.17) is 11.6 Å². The molecule has 1 aliphatic carbocycles. The summed E-state index contributed by atoms with van der Waals surface area (Å²) < 4.78 is 1.69. The number of imidazole rings is 1. The lowest BCUT2D eigenvalue weighted by atomic mass is 10.0. The third kappa shape index (κ3) is 4.06. The molecule has 10 heteroatoms. The summed E-state index contributed by atoms with van der Waals surface area (Å²) in [5, 5.41) is 29.6. The molecule has 1 amide bonds. The molecule has 4 aromatic rings. The lowest BCUT2D eigenvalue weighted by molar-refractivity contribution is -0.122. The van der Waals surface area contributed by atoms with E-state index in [1.54, 1.807) is 17.8 Å². The van der Waals surface area contributed by atoms with E-state index < -0.39 is 24.3 Å². The molecule has 1 aliphatic rings. The topological polar surface area (TPSA) is 125 Å². The number of hydrogen-bond acceptors (Lipinski definition) is 7. The van der Waals surface area contributed by atoms with Gasteiger partial charge in [0.1, 0.15) is 12.2 Å². The number of fused-ring (bicyclic) bond motifs is 2. The molecule has 0 saturated heterocycles. The first-order valence-corrected chi connectivity index (χ1v) is 11.6. The van der Waals surface area contributed by atoms with Crippen LogP contribution in [0.2, 0.25) is 5.28 Å². The zero-order valence-corrected chi connectivity index (χ0v) is 19.3. The first kappa shape index (κ1) is 22.5. The highest BCUT2D eigenvalue weighted by atomic mass is 35.5. The van der Waals surface area contributed by atoms with Gasteiger partial charge in [-0.25, -0.2) is 4.98 Å². The maximum Gasteiger partial charge on any atom is 0.226 e. The van der Waals surface area contributed by atoms with Gasteiger partial charge in [-0.3, -0.25) is 4.79 Å². The van der Waals surface area contributed by atoms with Gasteiger partial charge >= 0.3 is 0 Å². The zero-order valence-electron chi connectivity index (χ0n) is 18.5. The standard InChI is InChI=1S/C24H25ClN6O3/c1-2-18(32)28-16-10-17(21(34)20(16)33)31-12-27-19-22(29-24(25)30-23(19)31)26-11-14-8-5-7-13-6-3-4-9-15(13)14/h3-9,12,16-17,20-21,33-34H,2,10-11H2,1H3,(H,28,32)(H,26,29,30)/t16?,17-,20+,21-/m0/s1. The fraction of sp³-hybridized carbons (Fsp3) is 0.333. The van der Waals surface area contributed by atoms with Crippen molar-refractivity contribution in [1.82, 2.24) is 24.8 Å². The van der Waals surface area contributed by atoms with E-state index in [0.717, 1.165) is 16.3 Å². The molecule has 2 aromatic heterocycles. The molecule has 1 saturated carbocycles. The maximum absolute atomic E-state index is 11.8. The van der Waals surface area contributed by atoms with E-state index in [0.29, 0.717) is 36.4 Å². The fourth-order valence-electron chi connectivity index (χ4n) is 4.62. The molecule has 176 valence electrons. The van der Waals surface area contributed by atoms with Gasteiger partial charge in [-0.2, -0.15) is 9.97 Å². The average Bonchev–Trinajstić information content (AvgIpc) is 3.38. The van der Waals surface area contributed by atoms with Crippen LogP contribution in [0, 0.1) is 0 Å². The second-order valence-corrected chi connectivity index (χ2v) is 8.81. The lowest BCUT2D eigenvalue weighted by Crippen LogP contribution is -2.42. The van der Waals surface area contributed by atoms with Crippen LogP contribution in [0.25, 0.3) is 21.9 Å². The molecule has 34 heavy (non-hydrogen) atoms. The highest BCUT2D eigenvalue weighted by molar-refractivity contribution is 6.28. The summed E-state index contributed by atoms with van der Waals surface area (Å²) >= 11 is 6.25. The van der Waals surface area contributed by atoms with Crippen molar-refractivity contribution in [2.45, 2.75) is 50.6 Å². The monoisotopic (exact) mass is 480 g/mol. The van der Waals surface area contributed by atoms with Crippen LogP contribution in [0.4, 0.5) is 5.82 Å². The second-order valence-electron chi connectivity index (χ2n) is 8.47. The third-order valence-electron chi connectivity index (χ3n) is 6.40. The normalized spacial score (nSPS) is 22.4. The summed E-state index contributed by atoms with van der Waals surface area (Å²) in [5.41, 5.74) is 2.05. The minimum absolute atomic E-state index is 0.0403. The van der Waals surface area contributed by atoms with Crippen molar-refractivity contribution in [3.05, 3.63) is 59.6 Å². The molecule has 0 spiro atoms. The van der Waals surface area contributed by atoms with Crippen molar-refractivity contribution in [2.24, 2.45) is 0 Å². The molecule has 0 aliphatic heterocycles. The van der Waals surface area contributed by atoms with E-state index in [-0.39, 0.29) is 11.2 Å². The number of aromatic nitrogens is 4. The Kier molecular flexibility index (Phi) is 6.07. The van der Waals surface area contributed by atoms with Gasteiger partial charge in [0.05, 0.1) is 18.4 Å². The number of rotatable bonds is 6. The summed E-state index contributed by atoms with van der Waals surface area (Å²) in [5.74, 6) is 0.295. The molecule has 9 nitrogen and oxygen atoms in total. The number of nitrogens with zero attached hydrogens (tertiary/aromatic N) is 4. The van der Waals surface area contributed by atoms with Gasteiger partial charge in [0.2, 0.25) is 11.2 Å². The van der Waals surface area contributed by atoms with E-state index in [9.17, 15) is 15.0 Å². The second kappa shape index (κ2) is 9.17. The number of amides is 1. The van der Waals surface area contributed by atoms with E-state index in [1.807, 2.05) is 18.2 Å². The highest BCUT2D eigenvalue weighted by Gasteiger charge is 2.43. The molecule has 5 rings (SSSR count). The van der Waals surface area contributed by atoms with Gasteiger partial charge < -0.3 is 25.4 Å². The van der Waals surface area contributed by atoms with E-state index in [1.165, 1.54) is 0 Å². The van der Waals surface area contributed by atoms with Gasteiger partial charge in [-0.1, -0.05) is 49.4 Å². The van der Waals surface area contributed by atoms with Crippen molar-refractivity contribution in [1.29, 1.82) is 0 Å². The summed E-state index contributed by atoms with van der Waals surface area (Å²) in [6.45, 7) is 2.24. The highest BCUT2D eigenvalue weighted by Crippen LogP contribution is 2.34. The van der Waals surface area contributed by atoms with Crippen LogP contribution in [-0.2, 0) is 11.3 Å². The molecule has 2 aromatic carbocycles. The van der Waals surface area contributed by atoms with Crippen molar-refractivity contribution in [3.8, 4) is 0 Å². The van der Waals surface area contributed by atoms with Gasteiger partial charge in [-0.15, -0.1) is 0 Å². The third-order valence-corrected chi connectivity index (χ3v) is 6.57. The van der Waals surface area contributed by atoms with Gasteiger partial charge in [-0.05, 0) is 34.4 Å². The summed E-state index contributed by atoms with van der Waals surface area (Å²) in [4.78, 5) is 25.0. The van der Waals surface area contributed by atoms with Crippen LogP contribution in [0.1, 0.15) is 31.4 Å². The van der Waals surface area contributed by atoms with Crippen LogP contribution in [-0.4, -0.2) is 53.9 Å². The lowest BCUT2D eigenvalue weighted by Gasteiger charge is -2.18. The molecular formula is C24H25ClN6O3. The Balaban J connectivity index is 1.44. The first-order valence-electron chi connectivity index (χ1n) is 11.2. The Morgan fingerprint density at radius 1 is 1.15 bits per heavy atom. The Labute approximate surface area is 200 Å². The minimum atomic E-state index is -1.10.